The number of benzene rings is 1. The van der Waals surface area contributed by atoms with Gasteiger partial charge in [-0.05, 0) is 35.6 Å². The Kier molecular flexibility index (Phi) is 5.94. The molecule has 1 radical (unpaired) electrons. The van der Waals surface area contributed by atoms with Crippen LogP contribution in [0.2, 0.25) is 0 Å². The van der Waals surface area contributed by atoms with Gasteiger partial charge in [0, 0.05) is 30.5 Å². The van der Waals surface area contributed by atoms with Gasteiger partial charge in [-0.2, -0.15) is 18.2 Å². The van der Waals surface area contributed by atoms with Gasteiger partial charge in [0.05, 0.1) is 6.61 Å². The van der Waals surface area contributed by atoms with Gasteiger partial charge in [0.15, 0.2) is 5.78 Å². The maximum atomic E-state index is 12.9. The summed E-state index contributed by atoms with van der Waals surface area (Å²) in [7, 11) is 2.73. The Labute approximate surface area is 151 Å². The Balaban J connectivity index is 0.00000192. The average molecular weight is 369 g/mol. The first-order valence-electron chi connectivity index (χ1n) is 7.79. The van der Waals surface area contributed by atoms with Crippen LogP contribution in [0.1, 0.15) is 31.7 Å². The molecule has 23 heavy (non-hydrogen) atoms. The van der Waals surface area contributed by atoms with Gasteiger partial charge in [-0.15, -0.1) is 11.6 Å². The molecule has 0 bridgehead atoms. The summed E-state index contributed by atoms with van der Waals surface area (Å²) in [6, 6.07) is 8.99. The SMILES string of the molecule is CCOC(=O)C1CCC2(CCN(P)c3cc[c-]cc3C2)C1=O.[V]. The van der Waals surface area contributed by atoms with E-state index in [1.807, 2.05) is 18.2 Å². The number of hydrogen-bond acceptors (Lipinski definition) is 4. The molecule has 0 N–H and O–H groups in total. The summed E-state index contributed by atoms with van der Waals surface area (Å²) in [6.07, 6.45) is 2.85. The van der Waals surface area contributed by atoms with Crippen LogP contribution < -0.4 is 4.67 Å². The minimum absolute atomic E-state index is 0. The predicted octanol–water partition coefficient (Wildman–Crippen LogP) is 2.56. The normalized spacial score (nSPS) is 26.4. The summed E-state index contributed by atoms with van der Waals surface area (Å²) in [5.74, 6) is -0.857. The van der Waals surface area contributed by atoms with Gasteiger partial charge < -0.3 is 9.41 Å². The van der Waals surface area contributed by atoms with Crippen LogP contribution >= 0.6 is 9.39 Å². The summed E-state index contributed by atoms with van der Waals surface area (Å²) in [4.78, 5) is 24.9. The molecule has 1 aliphatic heterocycles. The van der Waals surface area contributed by atoms with Gasteiger partial charge in [-0.3, -0.25) is 9.59 Å². The molecule has 1 aromatic carbocycles. The number of rotatable bonds is 2. The molecule has 1 fully saturated rings. The van der Waals surface area contributed by atoms with Crippen LogP contribution in [-0.2, 0) is 39.3 Å². The molecule has 1 aromatic rings. The van der Waals surface area contributed by atoms with Crippen molar-refractivity contribution in [3.8, 4) is 0 Å². The van der Waals surface area contributed by atoms with Crippen molar-refractivity contribution >= 4 is 26.8 Å². The number of nitrogens with zero attached hydrogens (tertiary/aromatic N) is 1. The fraction of sp³-hybridized carbons (Fsp3) is 0.529. The summed E-state index contributed by atoms with van der Waals surface area (Å²) >= 11 is 0. The van der Waals surface area contributed by atoms with Crippen molar-refractivity contribution in [2.24, 2.45) is 11.3 Å². The van der Waals surface area contributed by atoms with E-state index in [2.05, 4.69) is 20.1 Å². The average Bonchev–Trinajstić information content (AvgIpc) is 2.74. The van der Waals surface area contributed by atoms with E-state index in [-0.39, 0.29) is 30.3 Å². The Bertz CT molecular complexity index is 609. The van der Waals surface area contributed by atoms with Gasteiger partial charge in [-0.1, -0.05) is 12.1 Å². The molecule has 0 aromatic heterocycles. The third kappa shape index (κ3) is 3.35. The van der Waals surface area contributed by atoms with Crippen LogP contribution in [0.25, 0.3) is 0 Å². The summed E-state index contributed by atoms with van der Waals surface area (Å²) < 4.78 is 7.19. The van der Waals surface area contributed by atoms with Crippen molar-refractivity contribution < 1.29 is 32.9 Å². The second kappa shape index (κ2) is 7.38. The van der Waals surface area contributed by atoms with Crippen LogP contribution in [0.3, 0.4) is 0 Å². The topological polar surface area (TPSA) is 46.6 Å². The quantitative estimate of drug-likeness (QED) is 0.348. The van der Waals surface area contributed by atoms with E-state index < -0.39 is 11.3 Å². The molecule has 3 unspecified atom stereocenters. The molecule has 1 spiro atoms. The monoisotopic (exact) mass is 369 g/mol. The largest absolute Gasteiger partial charge is 0.465 e. The number of carbonyl (C=O) groups excluding carboxylic acids is 2. The van der Waals surface area contributed by atoms with Gasteiger partial charge in [0.2, 0.25) is 0 Å². The van der Waals surface area contributed by atoms with Gasteiger partial charge >= 0.3 is 5.97 Å². The number of Topliss-reactive ketones (excluding diaryl/α,β-unsaturated/α-hetero) is 1. The van der Waals surface area contributed by atoms with Crippen molar-refractivity contribution in [2.45, 2.75) is 32.6 Å². The minimum Gasteiger partial charge on any atom is -0.465 e. The molecular formula is C17H21NO3PV-. The molecule has 3 atom stereocenters. The van der Waals surface area contributed by atoms with E-state index >= 15 is 0 Å². The van der Waals surface area contributed by atoms with Gasteiger partial charge in [0.25, 0.3) is 0 Å². The molecular weight excluding hydrogens is 348 g/mol. The first-order chi connectivity index (χ1) is 10.6. The number of esters is 1. The van der Waals surface area contributed by atoms with Crippen molar-refractivity contribution in [1.29, 1.82) is 0 Å². The zero-order valence-corrected chi connectivity index (χ0v) is 15.8. The van der Waals surface area contributed by atoms with Gasteiger partial charge in [0.1, 0.15) is 5.92 Å². The van der Waals surface area contributed by atoms with Crippen molar-refractivity contribution in [3.63, 3.8) is 0 Å². The third-order valence-electron chi connectivity index (χ3n) is 4.92. The van der Waals surface area contributed by atoms with Crippen molar-refractivity contribution in [1.82, 2.24) is 0 Å². The third-order valence-corrected chi connectivity index (χ3v) is 5.45. The summed E-state index contributed by atoms with van der Waals surface area (Å²) in [5.41, 5.74) is 1.84. The first-order valence-corrected chi connectivity index (χ1v) is 8.31. The van der Waals surface area contributed by atoms with E-state index in [1.54, 1.807) is 6.92 Å². The van der Waals surface area contributed by atoms with E-state index in [0.29, 0.717) is 19.4 Å². The minimum atomic E-state index is -0.577. The predicted molar refractivity (Wildman–Crippen MR) is 87.5 cm³/mol. The molecule has 123 valence electrons. The van der Waals surface area contributed by atoms with E-state index in [0.717, 1.165) is 30.6 Å². The smallest absolute Gasteiger partial charge is 0.316 e. The molecule has 2 aliphatic rings. The number of ketones is 1. The Morgan fingerprint density at radius 2 is 2.30 bits per heavy atom. The number of carbonyl (C=O) groups is 2. The second-order valence-electron chi connectivity index (χ2n) is 6.16. The van der Waals surface area contributed by atoms with Crippen molar-refractivity contribution in [3.05, 3.63) is 29.8 Å². The zero-order chi connectivity index (χ0) is 15.7. The maximum absolute atomic E-state index is 12.9. The Hall–Kier alpha value is -0.826. The molecule has 3 rings (SSSR count). The Morgan fingerprint density at radius 1 is 1.52 bits per heavy atom. The molecule has 0 amide bonds. The fourth-order valence-corrected chi connectivity index (χ4v) is 4.10. The van der Waals surface area contributed by atoms with E-state index in [9.17, 15) is 9.59 Å². The second-order valence-corrected chi connectivity index (χ2v) is 6.79. The zero-order valence-electron chi connectivity index (χ0n) is 13.2. The van der Waals surface area contributed by atoms with Crippen LogP contribution in [0, 0.1) is 17.4 Å². The van der Waals surface area contributed by atoms with Gasteiger partial charge in [-0.25, -0.2) is 0 Å². The molecule has 1 saturated carbocycles. The van der Waals surface area contributed by atoms with Crippen molar-refractivity contribution in [2.75, 3.05) is 17.8 Å². The molecule has 0 saturated heterocycles. The molecule has 4 nitrogen and oxygen atoms in total. The summed E-state index contributed by atoms with van der Waals surface area (Å²) in [5, 5.41) is 0. The van der Waals surface area contributed by atoms with E-state index in [4.69, 9.17) is 4.74 Å². The standard InChI is InChI=1S/C17H21NO3P.V/c1-2-21-16(20)13-7-8-17(15(13)19)9-10-18(22)14-6-4-3-5-12(14)11-17;/h4-6,13H,2,7-11,22H2,1H3;/q-1;. The number of fused-ring (bicyclic) bond motifs is 1. The molecule has 1 aliphatic carbocycles. The summed E-state index contributed by atoms with van der Waals surface area (Å²) in [6.45, 7) is 2.90. The maximum Gasteiger partial charge on any atom is 0.316 e. The van der Waals surface area contributed by atoms with Crippen LogP contribution in [0.15, 0.2) is 18.2 Å². The molecule has 6 heteroatoms. The number of ether oxygens (including phenoxy) is 1. The van der Waals surface area contributed by atoms with Crippen LogP contribution in [0.4, 0.5) is 5.69 Å². The number of hydrogen-bond donors (Lipinski definition) is 0. The van der Waals surface area contributed by atoms with Crippen LogP contribution in [0.5, 0.6) is 0 Å². The first kappa shape index (κ1) is 18.5. The number of anilines is 1. The Morgan fingerprint density at radius 3 is 3.04 bits per heavy atom. The molecule has 1 heterocycles. The van der Waals surface area contributed by atoms with E-state index in [1.165, 1.54) is 0 Å². The van der Waals surface area contributed by atoms with Crippen LogP contribution in [-0.4, -0.2) is 24.9 Å². The fourth-order valence-electron chi connectivity index (χ4n) is 3.72.